The van der Waals surface area contributed by atoms with E-state index < -0.39 is 0 Å². The molecule has 1 aliphatic heterocycles. The molecule has 2 unspecified atom stereocenters. The highest BCUT2D eigenvalue weighted by atomic mass is 16.5. The van der Waals surface area contributed by atoms with Crippen molar-refractivity contribution in [2.45, 2.75) is 18.9 Å². The van der Waals surface area contributed by atoms with Gasteiger partial charge in [-0.15, -0.1) is 0 Å². The van der Waals surface area contributed by atoms with Gasteiger partial charge in [-0.1, -0.05) is 0 Å². The first-order valence-corrected chi connectivity index (χ1v) is 5.96. The second-order valence-corrected chi connectivity index (χ2v) is 4.53. The predicted octanol–water partition coefficient (Wildman–Crippen LogP) is 0.156. The van der Waals surface area contributed by atoms with E-state index in [1.165, 1.54) is 0 Å². The van der Waals surface area contributed by atoms with Crippen molar-refractivity contribution in [3.05, 3.63) is 18.0 Å². The van der Waals surface area contributed by atoms with E-state index in [0.29, 0.717) is 19.6 Å². The normalized spacial score (nSPS) is 24.1. The molecular weight excluding hydrogens is 218 g/mol. The van der Waals surface area contributed by atoms with Crippen LogP contribution in [0, 0.1) is 5.92 Å². The van der Waals surface area contributed by atoms with Gasteiger partial charge in [0, 0.05) is 25.7 Å². The number of ketones is 1. The minimum Gasteiger partial charge on any atom is -0.379 e. The third-order valence-corrected chi connectivity index (χ3v) is 3.28. The third kappa shape index (κ3) is 2.92. The predicted molar refractivity (Wildman–Crippen MR) is 63.7 cm³/mol. The van der Waals surface area contributed by atoms with Gasteiger partial charge in [-0.2, -0.15) is 5.10 Å². The second kappa shape index (κ2) is 5.42. The van der Waals surface area contributed by atoms with Gasteiger partial charge in [0.15, 0.2) is 0 Å². The lowest BCUT2D eigenvalue weighted by molar-refractivity contribution is -0.123. The molecular formula is C12H19N3O2. The number of carbonyl (C=O) groups excluding carboxylic acids is 1. The largest absolute Gasteiger partial charge is 0.379 e. The van der Waals surface area contributed by atoms with Crippen LogP contribution >= 0.6 is 0 Å². The number of hydrogen-bond donors (Lipinski definition) is 1. The number of aromatic nitrogens is 2. The van der Waals surface area contributed by atoms with Crippen LogP contribution in [0.4, 0.5) is 0 Å². The summed E-state index contributed by atoms with van der Waals surface area (Å²) in [5.74, 6) is 0.294. The molecule has 0 spiro atoms. The van der Waals surface area contributed by atoms with Gasteiger partial charge < -0.3 is 10.1 Å². The van der Waals surface area contributed by atoms with Crippen molar-refractivity contribution in [3.63, 3.8) is 0 Å². The maximum absolute atomic E-state index is 12.0. The lowest BCUT2D eigenvalue weighted by Crippen LogP contribution is -2.37. The third-order valence-electron chi connectivity index (χ3n) is 3.28. The van der Waals surface area contributed by atoms with Crippen molar-refractivity contribution in [1.82, 2.24) is 15.1 Å². The van der Waals surface area contributed by atoms with Crippen LogP contribution in [0.3, 0.4) is 0 Å². The van der Waals surface area contributed by atoms with Crippen LogP contribution in [0.25, 0.3) is 0 Å². The highest BCUT2D eigenvalue weighted by Gasteiger charge is 2.32. The molecule has 0 aromatic carbocycles. The minimum absolute atomic E-state index is 0.0108. The number of likely N-dealkylation sites (N-methyl/N-ethyl adjacent to an activating group) is 1. The van der Waals surface area contributed by atoms with Gasteiger partial charge in [0.1, 0.15) is 5.78 Å². The molecule has 0 radical (unpaired) electrons. The van der Waals surface area contributed by atoms with Crippen LogP contribution in [-0.4, -0.2) is 41.9 Å². The summed E-state index contributed by atoms with van der Waals surface area (Å²) in [4.78, 5) is 12.0. The molecule has 1 aromatic rings. The molecule has 5 nitrogen and oxygen atoms in total. The Morgan fingerprint density at radius 3 is 3.12 bits per heavy atom. The fourth-order valence-corrected chi connectivity index (χ4v) is 2.21. The van der Waals surface area contributed by atoms with Crippen molar-refractivity contribution in [2.24, 2.45) is 13.0 Å². The first kappa shape index (κ1) is 12.3. The Kier molecular flexibility index (Phi) is 3.91. The van der Waals surface area contributed by atoms with Crippen molar-refractivity contribution in [3.8, 4) is 0 Å². The molecule has 1 fully saturated rings. The van der Waals surface area contributed by atoms with Crippen LogP contribution in [-0.2, 0) is 23.0 Å². The molecule has 1 saturated heterocycles. The van der Waals surface area contributed by atoms with E-state index in [2.05, 4.69) is 10.4 Å². The van der Waals surface area contributed by atoms with Gasteiger partial charge in [-0.05, 0) is 19.0 Å². The van der Waals surface area contributed by atoms with E-state index in [-0.39, 0.29) is 17.7 Å². The van der Waals surface area contributed by atoms with E-state index in [1.807, 2.05) is 26.5 Å². The average Bonchev–Trinajstić information content (AvgIpc) is 2.94. The SMILES string of the molecule is CNC1COCC1C(=O)CCc1cnn(C)c1. The lowest BCUT2D eigenvalue weighted by atomic mass is 9.94. The summed E-state index contributed by atoms with van der Waals surface area (Å²) in [6, 6.07) is 0.177. The molecule has 17 heavy (non-hydrogen) atoms. The van der Waals surface area contributed by atoms with Gasteiger partial charge in [-0.25, -0.2) is 0 Å². The zero-order valence-electron chi connectivity index (χ0n) is 10.3. The first-order chi connectivity index (χ1) is 8.20. The van der Waals surface area contributed by atoms with Crippen LogP contribution in [0.5, 0.6) is 0 Å². The Morgan fingerprint density at radius 1 is 1.65 bits per heavy atom. The molecule has 0 saturated carbocycles. The van der Waals surface area contributed by atoms with Crippen molar-refractivity contribution in [1.29, 1.82) is 0 Å². The molecule has 1 aliphatic rings. The number of nitrogens with one attached hydrogen (secondary N) is 1. The molecule has 1 aromatic heterocycles. The van der Waals surface area contributed by atoms with Crippen LogP contribution < -0.4 is 5.32 Å². The minimum atomic E-state index is 0.0108. The summed E-state index contributed by atoms with van der Waals surface area (Å²) in [5.41, 5.74) is 1.11. The highest BCUT2D eigenvalue weighted by molar-refractivity contribution is 5.82. The van der Waals surface area contributed by atoms with Crippen LogP contribution in [0.1, 0.15) is 12.0 Å². The molecule has 2 rings (SSSR count). The molecule has 2 atom stereocenters. The number of ether oxygens (including phenoxy) is 1. The van der Waals surface area contributed by atoms with Crippen LogP contribution in [0.15, 0.2) is 12.4 Å². The Bertz CT molecular complexity index is 389. The zero-order valence-corrected chi connectivity index (χ0v) is 10.3. The smallest absolute Gasteiger partial charge is 0.140 e. The van der Waals surface area contributed by atoms with Gasteiger partial charge in [-0.3, -0.25) is 9.48 Å². The van der Waals surface area contributed by atoms with Gasteiger partial charge in [0.2, 0.25) is 0 Å². The number of aryl methyl sites for hydroxylation is 2. The quantitative estimate of drug-likeness (QED) is 0.792. The summed E-state index contributed by atoms with van der Waals surface area (Å²) < 4.78 is 7.10. The van der Waals surface area contributed by atoms with Crippen molar-refractivity contribution in [2.75, 3.05) is 20.3 Å². The number of Topliss-reactive ketones (excluding diaryl/α,β-unsaturated/α-hetero) is 1. The molecule has 2 heterocycles. The summed E-state index contributed by atoms with van der Waals surface area (Å²) in [6.07, 6.45) is 5.10. The number of nitrogens with zero attached hydrogens (tertiary/aromatic N) is 2. The molecule has 0 bridgehead atoms. The van der Waals surface area contributed by atoms with Gasteiger partial charge in [0.25, 0.3) is 0 Å². The molecule has 1 N–H and O–H groups in total. The average molecular weight is 237 g/mol. The maximum atomic E-state index is 12.0. The lowest BCUT2D eigenvalue weighted by Gasteiger charge is -2.14. The topological polar surface area (TPSA) is 56.1 Å². The van der Waals surface area contributed by atoms with E-state index in [9.17, 15) is 4.79 Å². The molecule has 5 heteroatoms. The van der Waals surface area contributed by atoms with Gasteiger partial charge in [0.05, 0.1) is 25.3 Å². The first-order valence-electron chi connectivity index (χ1n) is 5.96. The summed E-state index contributed by atoms with van der Waals surface area (Å²) in [6.45, 7) is 1.19. The Morgan fingerprint density at radius 2 is 2.47 bits per heavy atom. The molecule has 94 valence electrons. The summed E-state index contributed by atoms with van der Waals surface area (Å²) in [7, 11) is 3.76. The van der Waals surface area contributed by atoms with Crippen molar-refractivity contribution < 1.29 is 9.53 Å². The van der Waals surface area contributed by atoms with E-state index in [4.69, 9.17) is 4.74 Å². The number of rotatable bonds is 5. The Hall–Kier alpha value is -1.20. The fourth-order valence-electron chi connectivity index (χ4n) is 2.21. The second-order valence-electron chi connectivity index (χ2n) is 4.53. The molecule has 0 aliphatic carbocycles. The van der Waals surface area contributed by atoms with E-state index >= 15 is 0 Å². The van der Waals surface area contributed by atoms with E-state index in [1.54, 1.807) is 4.68 Å². The standard InChI is InChI=1S/C12H19N3O2/c1-13-11-8-17-7-10(11)12(16)4-3-9-5-14-15(2)6-9/h5-6,10-11,13H,3-4,7-8H2,1-2H3. The summed E-state index contributed by atoms with van der Waals surface area (Å²) >= 11 is 0. The Labute approximate surface area is 101 Å². The van der Waals surface area contributed by atoms with Gasteiger partial charge >= 0.3 is 0 Å². The molecule has 0 amide bonds. The number of carbonyl (C=O) groups is 1. The summed E-state index contributed by atoms with van der Waals surface area (Å²) in [5, 5.41) is 7.23. The highest BCUT2D eigenvalue weighted by Crippen LogP contribution is 2.17. The fraction of sp³-hybridized carbons (Fsp3) is 0.667. The number of hydrogen-bond acceptors (Lipinski definition) is 4. The Balaban J connectivity index is 1.84. The zero-order chi connectivity index (χ0) is 12.3. The maximum Gasteiger partial charge on any atom is 0.140 e. The van der Waals surface area contributed by atoms with Crippen LogP contribution in [0.2, 0.25) is 0 Å². The van der Waals surface area contributed by atoms with Crippen molar-refractivity contribution >= 4 is 5.78 Å². The van der Waals surface area contributed by atoms with E-state index in [0.717, 1.165) is 12.0 Å². The monoisotopic (exact) mass is 237 g/mol.